The fourth-order valence-corrected chi connectivity index (χ4v) is 4.35. The number of para-hydroxylation sites is 2. The number of anilines is 3. The Balaban J connectivity index is 1.99. The molecule has 0 saturated carbocycles. The van der Waals surface area contributed by atoms with Crippen LogP contribution >= 0.6 is 23.2 Å². The standard InChI is InChI=1S/C26H28Cl2N6O4/c1-14(2)24(35)30-16-10-8-9-11-17(16)31-25(29-4)32-23-15(3)13-34(26(36)33(23)5)22-20(27)18(37-6)12-19(38-7)21(22)28/h8-12H,1,4,13H2,2-3,5-7H3,(H,30,35)(H,31,32). The Labute approximate surface area is 231 Å². The molecule has 3 amide bonds. The van der Waals surface area contributed by atoms with Gasteiger partial charge < -0.3 is 20.1 Å². The average molecular weight is 559 g/mol. The van der Waals surface area contributed by atoms with Gasteiger partial charge in [0.25, 0.3) is 5.91 Å². The quantitative estimate of drug-likeness (QED) is 0.253. The Hall–Kier alpha value is -4.02. The van der Waals surface area contributed by atoms with Crippen molar-refractivity contribution >= 4 is 64.9 Å². The van der Waals surface area contributed by atoms with Crippen LogP contribution < -0.4 is 25.0 Å². The summed E-state index contributed by atoms with van der Waals surface area (Å²) in [7, 11) is 4.48. The minimum Gasteiger partial charge on any atom is -0.495 e. The normalized spacial score (nSPS) is 13.9. The number of amides is 3. The largest absolute Gasteiger partial charge is 0.495 e. The maximum atomic E-state index is 13.5. The number of aliphatic imine (C=N–C) groups is 2. The van der Waals surface area contributed by atoms with Crippen LogP contribution in [0.4, 0.5) is 21.9 Å². The first kappa shape index (κ1) is 28.5. The second-order valence-electron chi connectivity index (χ2n) is 8.29. The van der Waals surface area contributed by atoms with Crippen LogP contribution in [0.5, 0.6) is 11.5 Å². The minimum atomic E-state index is -0.439. The molecular formula is C26H28Cl2N6O4. The van der Waals surface area contributed by atoms with Gasteiger partial charge in [-0.05, 0) is 38.3 Å². The molecule has 0 spiro atoms. The monoisotopic (exact) mass is 558 g/mol. The first-order valence-electron chi connectivity index (χ1n) is 11.3. The third kappa shape index (κ3) is 5.76. The van der Waals surface area contributed by atoms with Crippen molar-refractivity contribution in [2.45, 2.75) is 13.8 Å². The number of rotatable bonds is 7. The lowest BCUT2D eigenvalue weighted by Crippen LogP contribution is -2.46. The van der Waals surface area contributed by atoms with Crippen molar-refractivity contribution in [2.75, 3.05) is 43.3 Å². The Morgan fingerprint density at radius 1 is 1.08 bits per heavy atom. The van der Waals surface area contributed by atoms with Crippen LogP contribution in [-0.2, 0) is 4.79 Å². The van der Waals surface area contributed by atoms with Crippen molar-refractivity contribution in [1.82, 2.24) is 4.90 Å². The van der Waals surface area contributed by atoms with E-state index >= 15 is 0 Å². The highest BCUT2D eigenvalue weighted by Crippen LogP contribution is 2.47. The molecule has 0 fully saturated rings. The number of carbonyl (C=O) groups is 2. The molecule has 12 heteroatoms. The molecule has 38 heavy (non-hydrogen) atoms. The zero-order chi connectivity index (χ0) is 28.1. The van der Waals surface area contributed by atoms with Crippen molar-refractivity contribution in [3.8, 4) is 11.5 Å². The SMILES string of the molecule is C=N/C(=N\C1=C(C)CN(c2c(Cl)c(OC)cc(OC)c2Cl)C(=O)N1C)Nc1ccccc1NC(=O)C(=C)C. The van der Waals surface area contributed by atoms with Gasteiger partial charge in [0.05, 0.1) is 37.8 Å². The molecule has 0 unspecified atom stereocenters. The second-order valence-corrected chi connectivity index (χ2v) is 9.04. The van der Waals surface area contributed by atoms with E-state index in [4.69, 9.17) is 32.7 Å². The van der Waals surface area contributed by atoms with Gasteiger partial charge in [0.1, 0.15) is 27.4 Å². The number of halogens is 2. The Bertz CT molecular complexity index is 1340. The van der Waals surface area contributed by atoms with Gasteiger partial charge in [-0.2, -0.15) is 4.99 Å². The average Bonchev–Trinajstić information content (AvgIpc) is 2.89. The van der Waals surface area contributed by atoms with Gasteiger partial charge in [0.2, 0.25) is 5.96 Å². The minimum absolute atomic E-state index is 0.114. The van der Waals surface area contributed by atoms with Crippen LogP contribution in [0.25, 0.3) is 0 Å². The highest BCUT2D eigenvalue weighted by molar-refractivity contribution is 6.41. The third-order valence-electron chi connectivity index (χ3n) is 5.60. The van der Waals surface area contributed by atoms with E-state index in [0.29, 0.717) is 39.8 Å². The van der Waals surface area contributed by atoms with Crippen LogP contribution in [0.2, 0.25) is 10.0 Å². The summed E-state index contributed by atoms with van der Waals surface area (Å²) >= 11 is 13.1. The van der Waals surface area contributed by atoms with Gasteiger partial charge >= 0.3 is 6.03 Å². The number of guanidine groups is 1. The number of urea groups is 1. The number of methoxy groups -OCH3 is 2. The van der Waals surface area contributed by atoms with E-state index in [0.717, 1.165) is 0 Å². The molecule has 0 aromatic heterocycles. The lowest BCUT2D eigenvalue weighted by atomic mass is 10.1. The van der Waals surface area contributed by atoms with E-state index in [-0.39, 0.29) is 34.1 Å². The molecular weight excluding hydrogens is 531 g/mol. The van der Waals surface area contributed by atoms with E-state index in [1.54, 1.807) is 44.3 Å². The number of nitrogens with one attached hydrogen (secondary N) is 2. The third-order valence-corrected chi connectivity index (χ3v) is 6.33. The van der Waals surface area contributed by atoms with Crippen molar-refractivity contribution in [3.63, 3.8) is 0 Å². The summed E-state index contributed by atoms with van der Waals surface area (Å²) in [6.07, 6.45) is 0. The van der Waals surface area contributed by atoms with Crippen LogP contribution in [0.3, 0.4) is 0 Å². The molecule has 0 aliphatic carbocycles. The van der Waals surface area contributed by atoms with E-state index in [2.05, 4.69) is 33.9 Å². The molecule has 2 aromatic carbocycles. The molecule has 1 heterocycles. The summed E-state index contributed by atoms with van der Waals surface area (Å²) in [4.78, 5) is 36.9. The first-order chi connectivity index (χ1) is 18.0. The summed E-state index contributed by atoms with van der Waals surface area (Å²) < 4.78 is 10.7. The summed E-state index contributed by atoms with van der Waals surface area (Å²) in [5.74, 6) is 0.759. The summed E-state index contributed by atoms with van der Waals surface area (Å²) in [6.45, 7) is 10.8. The topological polar surface area (TPSA) is 108 Å². The maximum Gasteiger partial charge on any atom is 0.330 e. The molecule has 1 aliphatic rings. The number of nitrogens with zero attached hydrogens (tertiary/aromatic N) is 4. The van der Waals surface area contributed by atoms with Crippen molar-refractivity contribution in [3.05, 3.63) is 63.9 Å². The molecule has 2 N–H and O–H groups in total. The number of carbonyl (C=O) groups excluding carboxylic acids is 2. The molecule has 10 nitrogen and oxygen atoms in total. The van der Waals surface area contributed by atoms with Crippen LogP contribution in [0.15, 0.2) is 63.9 Å². The number of ether oxygens (including phenoxy) is 2. The molecule has 0 bridgehead atoms. The first-order valence-corrected chi connectivity index (χ1v) is 12.0. The van der Waals surface area contributed by atoms with E-state index in [9.17, 15) is 9.59 Å². The smallest absolute Gasteiger partial charge is 0.330 e. The Kier molecular flexibility index (Phi) is 9.03. The highest BCUT2D eigenvalue weighted by atomic mass is 35.5. The number of hydrogen-bond donors (Lipinski definition) is 2. The fourth-order valence-electron chi connectivity index (χ4n) is 3.64. The zero-order valence-electron chi connectivity index (χ0n) is 21.7. The van der Waals surface area contributed by atoms with Crippen LogP contribution in [-0.4, -0.2) is 57.3 Å². The van der Waals surface area contributed by atoms with Gasteiger partial charge in [-0.25, -0.2) is 9.79 Å². The summed E-state index contributed by atoms with van der Waals surface area (Å²) in [5, 5.41) is 6.17. The molecule has 0 radical (unpaired) electrons. The highest BCUT2D eigenvalue weighted by Gasteiger charge is 2.34. The molecule has 3 rings (SSSR count). The second kappa shape index (κ2) is 12.0. The summed E-state index contributed by atoms with van der Waals surface area (Å²) in [6, 6.07) is 8.14. The van der Waals surface area contributed by atoms with Gasteiger partial charge in [-0.1, -0.05) is 41.9 Å². The van der Waals surface area contributed by atoms with Gasteiger partial charge in [0.15, 0.2) is 0 Å². The Morgan fingerprint density at radius 2 is 1.63 bits per heavy atom. The van der Waals surface area contributed by atoms with E-state index < -0.39 is 6.03 Å². The van der Waals surface area contributed by atoms with Crippen LogP contribution in [0.1, 0.15) is 13.8 Å². The van der Waals surface area contributed by atoms with Gasteiger partial charge in [-0.3, -0.25) is 14.6 Å². The van der Waals surface area contributed by atoms with Crippen LogP contribution in [0, 0.1) is 0 Å². The van der Waals surface area contributed by atoms with Crippen molar-refractivity contribution in [2.24, 2.45) is 9.98 Å². The molecule has 0 atom stereocenters. The van der Waals surface area contributed by atoms with E-state index in [1.165, 1.54) is 24.0 Å². The van der Waals surface area contributed by atoms with Gasteiger partial charge in [0, 0.05) is 18.7 Å². The molecule has 0 saturated heterocycles. The molecule has 200 valence electrons. The van der Waals surface area contributed by atoms with Gasteiger partial charge in [-0.15, -0.1) is 0 Å². The van der Waals surface area contributed by atoms with E-state index in [1.807, 2.05) is 6.92 Å². The van der Waals surface area contributed by atoms with Crippen molar-refractivity contribution in [1.29, 1.82) is 0 Å². The number of benzene rings is 2. The Morgan fingerprint density at radius 3 is 2.13 bits per heavy atom. The molecule has 1 aliphatic heterocycles. The fraction of sp³-hybridized carbons (Fsp3) is 0.231. The lowest BCUT2D eigenvalue weighted by Gasteiger charge is -2.35. The van der Waals surface area contributed by atoms with Crippen molar-refractivity contribution < 1.29 is 19.1 Å². The lowest BCUT2D eigenvalue weighted by molar-refractivity contribution is -0.112. The maximum absolute atomic E-state index is 13.5. The zero-order valence-corrected chi connectivity index (χ0v) is 23.2. The number of hydrogen-bond acceptors (Lipinski definition) is 5. The summed E-state index contributed by atoms with van der Waals surface area (Å²) in [5.41, 5.74) is 2.36. The predicted octanol–water partition coefficient (Wildman–Crippen LogP) is 5.80. The predicted molar refractivity (Wildman–Crippen MR) is 153 cm³/mol. The molecule has 2 aromatic rings.